The van der Waals surface area contributed by atoms with E-state index in [2.05, 4.69) is 36.6 Å². The standard InChI is InChI=1S/C16H14OS/c1-11(15-7-4-10-18-15)16-13-6-3-2-5-12(13)8-9-14(16)17/h2-11,17H,1H3. The largest absolute Gasteiger partial charge is 0.508 e. The van der Waals surface area contributed by atoms with E-state index in [0.29, 0.717) is 5.75 Å². The molecule has 0 bridgehead atoms. The van der Waals surface area contributed by atoms with E-state index in [1.165, 1.54) is 10.3 Å². The third-order valence-corrected chi connectivity index (χ3v) is 4.41. The molecule has 1 unspecified atom stereocenters. The van der Waals surface area contributed by atoms with Crippen LogP contribution in [-0.4, -0.2) is 5.11 Å². The Labute approximate surface area is 110 Å². The molecule has 0 radical (unpaired) electrons. The van der Waals surface area contributed by atoms with E-state index in [-0.39, 0.29) is 5.92 Å². The van der Waals surface area contributed by atoms with Crippen molar-refractivity contribution < 1.29 is 5.11 Å². The lowest BCUT2D eigenvalue weighted by Crippen LogP contribution is -1.95. The first-order valence-corrected chi connectivity index (χ1v) is 6.89. The summed E-state index contributed by atoms with van der Waals surface area (Å²) < 4.78 is 0. The number of fused-ring (bicyclic) bond motifs is 1. The lowest BCUT2D eigenvalue weighted by atomic mass is 9.93. The molecule has 18 heavy (non-hydrogen) atoms. The minimum absolute atomic E-state index is 0.219. The lowest BCUT2D eigenvalue weighted by molar-refractivity contribution is 0.468. The fourth-order valence-electron chi connectivity index (χ4n) is 2.42. The lowest BCUT2D eigenvalue weighted by Gasteiger charge is -2.15. The van der Waals surface area contributed by atoms with E-state index in [1.54, 1.807) is 17.4 Å². The summed E-state index contributed by atoms with van der Waals surface area (Å²) in [6.07, 6.45) is 0. The molecule has 1 atom stereocenters. The summed E-state index contributed by atoms with van der Waals surface area (Å²) >= 11 is 1.73. The van der Waals surface area contributed by atoms with Gasteiger partial charge in [0.05, 0.1) is 0 Å². The summed E-state index contributed by atoms with van der Waals surface area (Å²) in [6, 6.07) is 16.1. The maximum absolute atomic E-state index is 10.2. The van der Waals surface area contributed by atoms with Crippen molar-refractivity contribution in [3.63, 3.8) is 0 Å². The molecule has 1 N–H and O–H groups in total. The Kier molecular flexibility index (Phi) is 2.80. The molecule has 1 aromatic heterocycles. The van der Waals surface area contributed by atoms with E-state index in [1.807, 2.05) is 18.2 Å². The van der Waals surface area contributed by atoms with Gasteiger partial charge in [0.2, 0.25) is 0 Å². The zero-order valence-electron chi connectivity index (χ0n) is 10.1. The third-order valence-electron chi connectivity index (χ3n) is 3.35. The molecule has 0 aliphatic rings. The summed E-state index contributed by atoms with van der Waals surface area (Å²) in [5.41, 5.74) is 1.02. The fourth-order valence-corrected chi connectivity index (χ4v) is 3.21. The molecule has 1 nitrogen and oxygen atoms in total. The number of benzene rings is 2. The van der Waals surface area contributed by atoms with E-state index >= 15 is 0 Å². The van der Waals surface area contributed by atoms with Gasteiger partial charge in [-0.25, -0.2) is 0 Å². The van der Waals surface area contributed by atoms with Gasteiger partial charge in [0.15, 0.2) is 0 Å². The van der Waals surface area contributed by atoms with Crippen LogP contribution in [0.5, 0.6) is 5.75 Å². The van der Waals surface area contributed by atoms with Crippen LogP contribution in [0.15, 0.2) is 53.9 Å². The number of phenolic OH excluding ortho intramolecular Hbond substituents is 1. The predicted octanol–water partition coefficient (Wildman–Crippen LogP) is 4.76. The molecule has 2 aromatic carbocycles. The second kappa shape index (κ2) is 4.46. The topological polar surface area (TPSA) is 20.2 Å². The molecule has 0 spiro atoms. The first-order valence-electron chi connectivity index (χ1n) is 6.01. The van der Waals surface area contributed by atoms with Crippen molar-refractivity contribution in [1.82, 2.24) is 0 Å². The Morgan fingerprint density at radius 1 is 1.00 bits per heavy atom. The molecular weight excluding hydrogens is 240 g/mol. The zero-order valence-corrected chi connectivity index (χ0v) is 10.9. The smallest absolute Gasteiger partial charge is 0.120 e. The van der Waals surface area contributed by atoms with Crippen LogP contribution in [0.1, 0.15) is 23.3 Å². The van der Waals surface area contributed by atoms with E-state index in [4.69, 9.17) is 0 Å². The van der Waals surface area contributed by atoms with Crippen LogP contribution in [-0.2, 0) is 0 Å². The first-order chi connectivity index (χ1) is 8.77. The molecule has 0 amide bonds. The SMILES string of the molecule is CC(c1cccs1)c1c(O)ccc2ccccc12. The minimum atomic E-state index is 0.219. The molecule has 2 heteroatoms. The molecule has 1 heterocycles. The van der Waals surface area contributed by atoms with Crippen molar-refractivity contribution >= 4 is 22.1 Å². The highest BCUT2D eigenvalue weighted by Crippen LogP contribution is 2.38. The van der Waals surface area contributed by atoms with Gasteiger partial charge in [-0.1, -0.05) is 43.3 Å². The molecular formula is C16H14OS. The molecule has 3 aromatic rings. The highest BCUT2D eigenvalue weighted by molar-refractivity contribution is 7.10. The highest BCUT2D eigenvalue weighted by Gasteiger charge is 2.16. The Morgan fingerprint density at radius 3 is 2.61 bits per heavy atom. The molecule has 0 aliphatic carbocycles. The number of hydrogen-bond donors (Lipinski definition) is 1. The summed E-state index contributed by atoms with van der Waals surface area (Å²) in [4.78, 5) is 1.28. The molecule has 0 saturated carbocycles. The summed E-state index contributed by atoms with van der Waals surface area (Å²) in [7, 11) is 0. The van der Waals surface area contributed by atoms with Gasteiger partial charge in [0.25, 0.3) is 0 Å². The molecule has 3 rings (SSSR count). The molecule has 90 valence electrons. The van der Waals surface area contributed by atoms with Gasteiger partial charge >= 0.3 is 0 Å². The third kappa shape index (κ3) is 1.79. The average Bonchev–Trinajstić information content (AvgIpc) is 2.92. The number of rotatable bonds is 2. The molecule has 0 fully saturated rings. The second-order valence-electron chi connectivity index (χ2n) is 4.46. The van der Waals surface area contributed by atoms with Gasteiger partial charge < -0.3 is 5.11 Å². The van der Waals surface area contributed by atoms with Crippen LogP contribution < -0.4 is 0 Å². The van der Waals surface area contributed by atoms with Gasteiger partial charge in [-0.15, -0.1) is 11.3 Å². The molecule has 0 saturated heterocycles. The monoisotopic (exact) mass is 254 g/mol. The van der Waals surface area contributed by atoms with Crippen LogP contribution in [0.25, 0.3) is 10.8 Å². The highest BCUT2D eigenvalue weighted by atomic mass is 32.1. The van der Waals surface area contributed by atoms with Crippen molar-refractivity contribution in [1.29, 1.82) is 0 Å². The van der Waals surface area contributed by atoms with Gasteiger partial charge in [-0.2, -0.15) is 0 Å². The van der Waals surface area contributed by atoms with Crippen molar-refractivity contribution in [3.05, 3.63) is 64.4 Å². The number of hydrogen-bond acceptors (Lipinski definition) is 2. The van der Waals surface area contributed by atoms with Gasteiger partial charge in [0, 0.05) is 16.4 Å². The van der Waals surface area contributed by atoms with Crippen molar-refractivity contribution in [2.75, 3.05) is 0 Å². The number of phenols is 1. The number of aromatic hydroxyl groups is 1. The predicted molar refractivity (Wildman–Crippen MR) is 77.4 cm³/mol. The van der Waals surface area contributed by atoms with E-state index in [9.17, 15) is 5.11 Å². The zero-order chi connectivity index (χ0) is 12.5. The van der Waals surface area contributed by atoms with Crippen LogP contribution in [0.2, 0.25) is 0 Å². The maximum Gasteiger partial charge on any atom is 0.120 e. The average molecular weight is 254 g/mol. The summed E-state index contributed by atoms with van der Waals surface area (Å²) in [5.74, 6) is 0.602. The second-order valence-corrected chi connectivity index (χ2v) is 5.44. The first kappa shape index (κ1) is 11.3. The normalized spacial score (nSPS) is 12.7. The van der Waals surface area contributed by atoms with E-state index < -0.39 is 0 Å². The van der Waals surface area contributed by atoms with Crippen LogP contribution >= 0.6 is 11.3 Å². The van der Waals surface area contributed by atoms with E-state index in [0.717, 1.165) is 10.9 Å². The van der Waals surface area contributed by atoms with Crippen molar-refractivity contribution in [3.8, 4) is 5.75 Å². The Morgan fingerprint density at radius 2 is 1.83 bits per heavy atom. The van der Waals surface area contributed by atoms with Crippen LogP contribution in [0.4, 0.5) is 0 Å². The summed E-state index contributed by atoms with van der Waals surface area (Å²) in [6.45, 7) is 2.15. The molecule has 0 aliphatic heterocycles. The van der Waals surface area contributed by atoms with Crippen molar-refractivity contribution in [2.24, 2.45) is 0 Å². The Hall–Kier alpha value is -1.80. The van der Waals surface area contributed by atoms with Crippen LogP contribution in [0, 0.1) is 0 Å². The van der Waals surface area contributed by atoms with Crippen molar-refractivity contribution in [2.45, 2.75) is 12.8 Å². The minimum Gasteiger partial charge on any atom is -0.508 e. The maximum atomic E-state index is 10.2. The van der Waals surface area contributed by atoms with Gasteiger partial charge in [0.1, 0.15) is 5.75 Å². The Balaban J connectivity index is 2.24. The fraction of sp³-hybridized carbons (Fsp3) is 0.125. The Bertz CT molecular complexity index is 671. The number of thiophene rings is 1. The summed E-state index contributed by atoms with van der Waals surface area (Å²) in [5, 5.41) is 14.6. The van der Waals surface area contributed by atoms with Gasteiger partial charge in [-0.3, -0.25) is 0 Å². The quantitative estimate of drug-likeness (QED) is 0.699. The van der Waals surface area contributed by atoms with Gasteiger partial charge in [-0.05, 0) is 28.3 Å². The van der Waals surface area contributed by atoms with Crippen LogP contribution in [0.3, 0.4) is 0 Å².